The summed E-state index contributed by atoms with van der Waals surface area (Å²) >= 11 is 0. The fraction of sp³-hybridized carbons (Fsp3) is 0.278. The number of hydrogen-bond acceptors (Lipinski definition) is 2. The summed E-state index contributed by atoms with van der Waals surface area (Å²) in [6, 6.07) is 17.7. The van der Waals surface area contributed by atoms with E-state index in [9.17, 15) is 4.79 Å². The molecule has 0 bridgehead atoms. The van der Waals surface area contributed by atoms with Crippen LogP contribution < -0.4 is 4.74 Å². The zero-order valence-electron chi connectivity index (χ0n) is 12.6. The Hall–Kier alpha value is -2.29. The van der Waals surface area contributed by atoms with E-state index in [1.165, 1.54) is 0 Å². The Bertz CT molecular complexity index is 564. The number of carbonyl (C=O) groups excluding carboxylic acids is 1. The Morgan fingerprint density at radius 2 is 1.67 bits per heavy atom. The van der Waals surface area contributed by atoms with Gasteiger partial charge in [0, 0.05) is 13.6 Å². The van der Waals surface area contributed by atoms with E-state index in [4.69, 9.17) is 4.74 Å². The monoisotopic (exact) mass is 283 g/mol. The summed E-state index contributed by atoms with van der Waals surface area (Å²) in [5, 5.41) is 0. The van der Waals surface area contributed by atoms with Crippen LogP contribution in [0.3, 0.4) is 0 Å². The predicted octanol–water partition coefficient (Wildman–Crippen LogP) is 3.29. The smallest absolute Gasteiger partial charge is 0.227 e. The Balaban J connectivity index is 1.91. The minimum absolute atomic E-state index is 0.114. The van der Waals surface area contributed by atoms with Crippen molar-refractivity contribution in [2.24, 2.45) is 0 Å². The first-order valence-corrected chi connectivity index (χ1v) is 7.18. The van der Waals surface area contributed by atoms with Crippen LogP contribution in [0.5, 0.6) is 5.75 Å². The SMILES string of the molecule is CCOc1ccc(CC(=O)N(C)Cc2ccccc2)cc1. The van der Waals surface area contributed by atoms with Gasteiger partial charge in [0.25, 0.3) is 0 Å². The number of rotatable bonds is 6. The first-order chi connectivity index (χ1) is 10.2. The Morgan fingerprint density at radius 1 is 1.00 bits per heavy atom. The van der Waals surface area contributed by atoms with Gasteiger partial charge in [-0.3, -0.25) is 4.79 Å². The minimum Gasteiger partial charge on any atom is -0.494 e. The lowest BCUT2D eigenvalue weighted by Gasteiger charge is -2.17. The number of ether oxygens (including phenoxy) is 1. The fourth-order valence-corrected chi connectivity index (χ4v) is 2.13. The van der Waals surface area contributed by atoms with Crippen molar-refractivity contribution in [3.63, 3.8) is 0 Å². The normalized spacial score (nSPS) is 10.2. The van der Waals surface area contributed by atoms with Crippen molar-refractivity contribution in [3.05, 3.63) is 65.7 Å². The van der Waals surface area contributed by atoms with Gasteiger partial charge in [-0.15, -0.1) is 0 Å². The molecule has 0 heterocycles. The third-order valence-electron chi connectivity index (χ3n) is 3.28. The van der Waals surface area contributed by atoms with Crippen molar-refractivity contribution in [1.29, 1.82) is 0 Å². The number of benzene rings is 2. The van der Waals surface area contributed by atoms with Gasteiger partial charge in [-0.1, -0.05) is 42.5 Å². The number of likely N-dealkylation sites (N-methyl/N-ethyl adjacent to an activating group) is 1. The Kier molecular flexibility index (Phi) is 5.38. The molecular formula is C18H21NO2. The van der Waals surface area contributed by atoms with E-state index in [0.717, 1.165) is 16.9 Å². The molecule has 0 N–H and O–H groups in total. The summed E-state index contributed by atoms with van der Waals surface area (Å²) in [6.45, 7) is 3.24. The van der Waals surface area contributed by atoms with Crippen molar-refractivity contribution < 1.29 is 9.53 Å². The molecule has 0 aliphatic heterocycles. The predicted molar refractivity (Wildman–Crippen MR) is 84.2 cm³/mol. The molecule has 0 aliphatic rings. The summed E-state index contributed by atoms with van der Waals surface area (Å²) in [4.78, 5) is 14.0. The van der Waals surface area contributed by atoms with Crippen LogP contribution in [0.1, 0.15) is 18.1 Å². The van der Waals surface area contributed by atoms with Gasteiger partial charge in [0.1, 0.15) is 5.75 Å². The van der Waals surface area contributed by atoms with Gasteiger partial charge in [-0.05, 0) is 30.2 Å². The maximum absolute atomic E-state index is 12.2. The van der Waals surface area contributed by atoms with Crippen LogP contribution in [0.4, 0.5) is 0 Å². The van der Waals surface area contributed by atoms with Crippen molar-refractivity contribution >= 4 is 5.91 Å². The van der Waals surface area contributed by atoms with Gasteiger partial charge in [0.2, 0.25) is 5.91 Å². The second-order valence-electron chi connectivity index (χ2n) is 4.99. The van der Waals surface area contributed by atoms with Crippen LogP contribution in [0.2, 0.25) is 0 Å². The number of amides is 1. The van der Waals surface area contributed by atoms with Gasteiger partial charge in [0.15, 0.2) is 0 Å². The molecule has 3 heteroatoms. The van der Waals surface area contributed by atoms with E-state index < -0.39 is 0 Å². The number of carbonyl (C=O) groups is 1. The molecule has 2 rings (SSSR count). The van der Waals surface area contributed by atoms with E-state index in [-0.39, 0.29) is 5.91 Å². The van der Waals surface area contributed by atoms with Crippen molar-refractivity contribution in [3.8, 4) is 5.75 Å². The summed E-state index contributed by atoms with van der Waals surface area (Å²) < 4.78 is 5.40. The average molecular weight is 283 g/mol. The number of nitrogens with zero attached hydrogens (tertiary/aromatic N) is 1. The molecule has 0 aromatic heterocycles. The lowest BCUT2D eigenvalue weighted by Crippen LogP contribution is -2.27. The standard InChI is InChI=1S/C18H21NO2/c1-3-21-17-11-9-15(10-12-17)13-18(20)19(2)14-16-7-5-4-6-8-16/h4-12H,3,13-14H2,1-2H3. The lowest BCUT2D eigenvalue weighted by atomic mass is 10.1. The molecule has 0 spiro atoms. The van der Waals surface area contributed by atoms with Gasteiger partial charge in [0.05, 0.1) is 13.0 Å². The summed E-state index contributed by atoms with van der Waals surface area (Å²) in [6.07, 6.45) is 0.412. The van der Waals surface area contributed by atoms with Gasteiger partial charge in [-0.2, -0.15) is 0 Å². The quantitative estimate of drug-likeness (QED) is 0.814. The third kappa shape index (κ3) is 4.63. The molecule has 1 amide bonds. The minimum atomic E-state index is 0.114. The van der Waals surface area contributed by atoms with Crippen LogP contribution in [0.15, 0.2) is 54.6 Å². The average Bonchev–Trinajstić information content (AvgIpc) is 2.50. The summed E-state index contributed by atoms with van der Waals surface area (Å²) in [5.41, 5.74) is 2.14. The van der Waals surface area contributed by atoms with E-state index in [0.29, 0.717) is 19.6 Å². The largest absolute Gasteiger partial charge is 0.494 e. The highest BCUT2D eigenvalue weighted by Gasteiger charge is 2.10. The van der Waals surface area contributed by atoms with Gasteiger partial charge >= 0.3 is 0 Å². The second kappa shape index (κ2) is 7.48. The highest BCUT2D eigenvalue weighted by atomic mass is 16.5. The lowest BCUT2D eigenvalue weighted by molar-refractivity contribution is -0.129. The molecule has 3 nitrogen and oxygen atoms in total. The second-order valence-corrected chi connectivity index (χ2v) is 4.99. The van der Waals surface area contributed by atoms with E-state index in [2.05, 4.69) is 0 Å². The Morgan fingerprint density at radius 3 is 2.29 bits per heavy atom. The third-order valence-corrected chi connectivity index (χ3v) is 3.28. The first-order valence-electron chi connectivity index (χ1n) is 7.18. The molecule has 2 aromatic rings. The van der Waals surface area contributed by atoms with Crippen molar-refractivity contribution in [1.82, 2.24) is 4.90 Å². The molecule has 0 aliphatic carbocycles. The molecule has 110 valence electrons. The van der Waals surface area contributed by atoms with Crippen LogP contribution in [0, 0.1) is 0 Å². The molecule has 0 radical (unpaired) electrons. The van der Waals surface area contributed by atoms with E-state index in [1.54, 1.807) is 4.90 Å². The highest BCUT2D eigenvalue weighted by molar-refractivity contribution is 5.78. The molecule has 0 fully saturated rings. The maximum atomic E-state index is 12.2. The molecule has 0 unspecified atom stereocenters. The molecule has 0 atom stereocenters. The summed E-state index contributed by atoms with van der Waals surface area (Å²) in [7, 11) is 1.84. The van der Waals surface area contributed by atoms with Gasteiger partial charge in [-0.25, -0.2) is 0 Å². The molecular weight excluding hydrogens is 262 g/mol. The molecule has 2 aromatic carbocycles. The van der Waals surface area contributed by atoms with Crippen LogP contribution in [-0.4, -0.2) is 24.5 Å². The van der Waals surface area contributed by atoms with Crippen LogP contribution in [-0.2, 0) is 17.8 Å². The fourth-order valence-electron chi connectivity index (χ4n) is 2.13. The summed E-state index contributed by atoms with van der Waals surface area (Å²) in [5.74, 6) is 0.953. The van der Waals surface area contributed by atoms with Gasteiger partial charge < -0.3 is 9.64 Å². The maximum Gasteiger partial charge on any atom is 0.227 e. The van der Waals surface area contributed by atoms with Crippen molar-refractivity contribution in [2.45, 2.75) is 19.9 Å². The van der Waals surface area contributed by atoms with E-state index in [1.807, 2.05) is 68.6 Å². The Labute approximate surface area is 126 Å². The topological polar surface area (TPSA) is 29.5 Å². The first kappa shape index (κ1) is 15.1. The van der Waals surface area contributed by atoms with Crippen molar-refractivity contribution in [2.75, 3.05) is 13.7 Å². The molecule has 21 heavy (non-hydrogen) atoms. The zero-order valence-corrected chi connectivity index (χ0v) is 12.6. The van der Waals surface area contributed by atoms with Crippen LogP contribution in [0.25, 0.3) is 0 Å². The molecule has 0 saturated heterocycles. The van der Waals surface area contributed by atoms with E-state index >= 15 is 0 Å². The number of hydrogen-bond donors (Lipinski definition) is 0. The zero-order chi connectivity index (χ0) is 15.1. The van der Waals surface area contributed by atoms with Crippen LogP contribution >= 0.6 is 0 Å². The molecule has 0 saturated carbocycles. The highest BCUT2D eigenvalue weighted by Crippen LogP contribution is 2.13.